The molecule has 0 amide bonds. The number of benzene rings is 2. The Morgan fingerprint density at radius 3 is 2.39 bits per heavy atom. The molecule has 2 heterocycles. The Bertz CT molecular complexity index is 1270. The van der Waals surface area contributed by atoms with Crippen LogP contribution < -0.4 is 4.74 Å². The lowest BCUT2D eigenvalue weighted by atomic mass is 9.94. The monoisotopic (exact) mass is 475 g/mol. The van der Waals surface area contributed by atoms with Gasteiger partial charge in [-0.05, 0) is 43.7 Å². The molecule has 5 nitrogen and oxygen atoms in total. The van der Waals surface area contributed by atoms with E-state index in [1.54, 1.807) is 12.1 Å². The minimum atomic E-state index is -4.10. The van der Waals surface area contributed by atoms with Crippen LogP contribution in [0.25, 0.3) is 0 Å². The fourth-order valence-electron chi connectivity index (χ4n) is 3.75. The molecule has 1 aliphatic heterocycles. The SMILES string of the molecule is CC1(C)c2ncccc2C(=O)C(c2c(Cl)ccc(Cl)c2OCc2ccccc2)S1(=O)=O. The van der Waals surface area contributed by atoms with Crippen LogP contribution in [-0.2, 0) is 21.2 Å². The Hall–Kier alpha value is -2.41. The quantitative estimate of drug-likeness (QED) is 0.493. The van der Waals surface area contributed by atoms with E-state index in [-0.39, 0.29) is 39.2 Å². The number of fused-ring (bicyclic) bond motifs is 1. The third-order valence-corrected chi connectivity index (χ3v) is 8.80. The first-order valence-corrected chi connectivity index (χ1v) is 11.8. The highest BCUT2D eigenvalue weighted by atomic mass is 35.5. The van der Waals surface area contributed by atoms with Crippen molar-refractivity contribution in [1.82, 2.24) is 4.98 Å². The number of ether oxygens (including phenoxy) is 1. The topological polar surface area (TPSA) is 73.3 Å². The maximum atomic E-state index is 13.7. The first-order chi connectivity index (χ1) is 14.7. The number of aromatic nitrogens is 1. The molecular formula is C23H19Cl2NO4S. The van der Waals surface area contributed by atoms with Gasteiger partial charge in [0.15, 0.2) is 20.9 Å². The summed E-state index contributed by atoms with van der Waals surface area (Å²) in [7, 11) is -4.10. The number of sulfone groups is 1. The van der Waals surface area contributed by atoms with E-state index >= 15 is 0 Å². The lowest BCUT2D eigenvalue weighted by molar-refractivity contribution is 0.0978. The van der Waals surface area contributed by atoms with Crippen molar-refractivity contribution in [2.24, 2.45) is 0 Å². The maximum absolute atomic E-state index is 13.7. The molecule has 31 heavy (non-hydrogen) atoms. The molecule has 0 spiro atoms. The summed E-state index contributed by atoms with van der Waals surface area (Å²) in [5.74, 6) is -0.515. The van der Waals surface area contributed by atoms with Gasteiger partial charge in [0.1, 0.15) is 17.1 Å². The number of hydrogen-bond donors (Lipinski definition) is 0. The number of nitrogens with zero attached hydrogens (tertiary/aromatic N) is 1. The highest BCUT2D eigenvalue weighted by Crippen LogP contribution is 2.50. The van der Waals surface area contributed by atoms with Crippen molar-refractivity contribution in [2.75, 3.05) is 0 Å². The van der Waals surface area contributed by atoms with Crippen LogP contribution in [0.4, 0.5) is 0 Å². The summed E-state index contributed by atoms with van der Waals surface area (Å²) in [5, 5.41) is -1.29. The van der Waals surface area contributed by atoms with Gasteiger partial charge in [0.2, 0.25) is 0 Å². The van der Waals surface area contributed by atoms with Gasteiger partial charge in [0.25, 0.3) is 0 Å². The molecule has 0 fully saturated rings. The fourth-order valence-corrected chi connectivity index (χ4v) is 6.27. The molecule has 0 aliphatic carbocycles. The van der Waals surface area contributed by atoms with E-state index in [1.165, 1.54) is 32.2 Å². The zero-order valence-electron chi connectivity index (χ0n) is 16.8. The van der Waals surface area contributed by atoms with Gasteiger partial charge < -0.3 is 4.74 Å². The Morgan fingerprint density at radius 2 is 1.68 bits per heavy atom. The van der Waals surface area contributed by atoms with Crippen molar-refractivity contribution in [3.63, 3.8) is 0 Å². The second kappa shape index (κ2) is 7.93. The van der Waals surface area contributed by atoms with Crippen LogP contribution in [0.2, 0.25) is 10.0 Å². The molecule has 3 aromatic rings. The molecule has 1 aromatic heterocycles. The summed E-state index contributed by atoms with van der Waals surface area (Å²) in [6.45, 7) is 3.21. The molecule has 160 valence electrons. The number of ketones is 1. The van der Waals surface area contributed by atoms with Crippen molar-refractivity contribution >= 4 is 38.8 Å². The smallest absolute Gasteiger partial charge is 0.187 e. The summed E-state index contributed by atoms with van der Waals surface area (Å²) in [4.78, 5) is 17.6. The molecule has 0 bridgehead atoms. The van der Waals surface area contributed by atoms with Gasteiger partial charge in [-0.1, -0.05) is 53.5 Å². The molecule has 1 atom stereocenters. The van der Waals surface area contributed by atoms with Crippen LogP contribution in [0, 0.1) is 0 Å². The van der Waals surface area contributed by atoms with E-state index in [2.05, 4.69) is 4.98 Å². The molecule has 1 unspecified atom stereocenters. The van der Waals surface area contributed by atoms with Crippen LogP contribution >= 0.6 is 23.2 Å². The molecule has 1 aliphatic rings. The number of hydrogen-bond acceptors (Lipinski definition) is 5. The van der Waals surface area contributed by atoms with Crippen LogP contribution in [-0.4, -0.2) is 19.2 Å². The third kappa shape index (κ3) is 3.53. The number of rotatable bonds is 4. The van der Waals surface area contributed by atoms with Crippen molar-refractivity contribution in [1.29, 1.82) is 0 Å². The highest BCUT2D eigenvalue weighted by Gasteiger charge is 2.54. The second-order valence-corrected chi connectivity index (χ2v) is 11.1. The molecule has 2 aromatic carbocycles. The van der Waals surface area contributed by atoms with Gasteiger partial charge in [0.05, 0.1) is 10.7 Å². The predicted octanol–water partition coefficient (Wildman–Crippen LogP) is 5.55. The maximum Gasteiger partial charge on any atom is 0.187 e. The van der Waals surface area contributed by atoms with E-state index in [9.17, 15) is 13.2 Å². The minimum absolute atomic E-state index is 0.0534. The number of pyridine rings is 1. The average molecular weight is 476 g/mol. The first-order valence-electron chi connectivity index (χ1n) is 9.54. The van der Waals surface area contributed by atoms with Crippen LogP contribution in [0.5, 0.6) is 5.75 Å². The molecule has 4 rings (SSSR count). The number of halogens is 2. The van der Waals surface area contributed by atoms with Gasteiger partial charge in [-0.3, -0.25) is 9.78 Å². The van der Waals surface area contributed by atoms with Crippen LogP contribution in [0.1, 0.15) is 46.3 Å². The number of carbonyl (C=O) groups excluding carboxylic acids is 1. The van der Waals surface area contributed by atoms with Crippen molar-refractivity contribution in [3.05, 3.63) is 93.2 Å². The normalized spacial score (nSPS) is 19.0. The Kier molecular flexibility index (Phi) is 5.58. The predicted molar refractivity (Wildman–Crippen MR) is 120 cm³/mol. The number of carbonyl (C=O) groups is 1. The first kappa shape index (κ1) is 21.8. The Morgan fingerprint density at radius 1 is 1.00 bits per heavy atom. The van der Waals surface area contributed by atoms with Gasteiger partial charge in [-0.25, -0.2) is 8.42 Å². The zero-order chi connectivity index (χ0) is 22.4. The average Bonchev–Trinajstić information content (AvgIpc) is 2.75. The van der Waals surface area contributed by atoms with Gasteiger partial charge >= 0.3 is 0 Å². The molecule has 8 heteroatoms. The van der Waals surface area contributed by atoms with Crippen molar-refractivity contribution in [3.8, 4) is 5.75 Å². The lowest BCUT2D eigenvalue weighted by Gasteiger charge is -2.36. The second-order valence-electron chi connectivity index (χ2n) is 7.75. The van der Waals surface area contributed by atoms with E-state index in [4.69, 9.17) is 27.9 Å². The van der Waals surface area contributed by atoms with Crippen LogP contribution in [0.3, 0.4) is 0 Å². The Labute approximate surface area is 190 Å². The standard InChI is InChI=1S/C23H19Cl2NO4S/c1-23(2)22-15(9-6-12-26-22)19(27)21(31(23,28)29)18-16(24)10-11-17(25)20(18)30-13-14-7-4-3-5-8-14/h3-12,21H,13H2,1-2H3. The summed E-state index contributed by atoms with van der Waals surface area (Å²) in [5.41, 5.74) is 1.38. The molecule has 0 saturated carbocycles. The summed E-state index contributed by atoms with van der Waals surface area (Å²) in [6.07, 6.45) is 1.48. The largest absolute Gasteiger partial charge is 0.487 e. The summed E-state index contributed by atoms with van der Waals surface area (Å²) in [6, 6.07) is 15.5. The van der Waals surface area contributed by atoms with Gasteiger partial charge in [-0.2, -0.15) is 0 Å². The molecule has 0 N–H and O–H groups in total. The lowest BCUT2D eigenvalue weighted by Crippen LogP contribution is -2.43. The summed E-state index contributed by atoms with van der Waals surface area (Å²) >= 11 is 12.9. The van der Waals surface area contributed by atoms with E-state index < -0.39 is 25.6 Å². The van der Waals surface area contributed by atoms with Gasteiger partial charge in [-0.15, -0.1) is 0 Å². The molecular weight excluding hydrogens is 457 g/mol. The van der Waals surface area contributed by atoms with Crippen molar-refractivity contribution < 1.29 is 17.9 Å². The summed E-state index contributed by atoms with van der Waals surface area (Å²) < 4.78 is 31.9. The zero-order valence-corrected chi connectivity index (χ0v) is 19.1. The van der Waals surface area contributed by atoms with Crippen LogP contribution in [0.15, 0.2) is 60.8 Å². The number of Topliss-reactive ketones (excluding diaryl/α,β-unsaturated/α-hetero) is 1. The fraction of sp³-hybridized carbons (Fsp3) is 0.217. The minimum Gasteiger partial charge on any atom is -0.487 e. The molecule has 0 radical (unpaired) electrons. The van der Waals surface area contributed by atoms with Gasteiger partial charge in [0, 0.05) is 22.3 Å². The molecule has 0 saturated heterocycles. The van der Waals surface area contributed by atoms with E-state index in [0.717, 1.165) is 5.56 Å². The van der Waals surface area contributed by atoms with E-state index in [0.29, 0.717) is 0 Å². The van der Waals surface area contributed by atoms with Crippen molar-refractivity contribution in [2.45, 2.75) is 30.5 Å². The highest BCUT2D eigenvalue weighted by molar-refractivity contribution is 7.93. The Balaban J connectivity index is 1.89. The third-order valence-electron chi connectivity index (χ3n) is 5.49. The van der Waals surface area contributed by atoms with E-state index in [1.807, 2.05) is 30.3 Å².